The van der Waals surface area contributed by atoms with Crippen LogP contribution in [0.2, 0.25) is 0 Å². The van der Waals surface area contributed by atoms with Gasteiger partial charge < -0.3 is 25.2 Å². The first-order valence-corrected chi connectivity index (χ1v) is 8.73. The molecule has 6 heteroatoms. The summed E-state index contributed by atoms with van der Waals surface area (Å²) >= 11 is 0. The number of fused-ring (bicyclic) bond motifs is 2. The number of aliphatic imine (C=N–C) groups is 1. The number of amidine groups is 1. The van der Waals surface area contributed by atoms with E-state index in [1.807, 2.05) is 12.1 Å². The third-order valence-corrected chi connectivity index (χ3v) is 5.58. The first-order chi connectivity index (χ1) is 11.6. The van der Waals surface area contributed by atoms with Crippen molar-refractivity contribution < 1.29 is 14.6 Å². The number of nitrogens with zero attached hydrogens (tertiary/aromatic N) is 2. The van der Waals surface area contributed by atoms with Crippen LogP contribution in [0, 0.1) is 0 Å². The summed E-state index contributed by atoms with van der Waals surface area (Å²) in [6.07, 6.45) is 3.99. The van der Waals surface area contributed by atoms with E-state index in [1.165, 1.54) is 12.8 Å². The zero-order valence-corrected chi connectivity index (χ0v) is 14.1. The Hall–Kier alpha value is -1.79. The maximum absolute atomic E-state index is 10.1. The molecule has 3 aliphatic rings. The molecule has 2 aliphatic heterocycles. The lowest BCUT2D eigenvalue weighted by Gasteiger charge is -2.39. The second-order valence-corrected chi connectivity index (χ2v) is 7.07. The minimum Gasteiger partial charge on any atom is -0.493 e. The van der Waals surface area contributed by atoms with Crippen molar-refractivity contribution >= 4 is 11.5 Å². The van der Waals surface area contributed by atoms with Gasteiger partial charge in [-0.1, -0.05) is 6.42 Å². The Morgan fingerprint density at radius 1 is 1.29 bits per heavy atom. The van der Waals surface area contributed by atoms with Crippen molar-refractivity contribution in [3.8, 4) is 11.5 Å². The first-order valence-electron chi connectivity index (χ1n) is 8.73. The van der Waals surface area contributed by atoms with E-state index in [-0.39, 0.29) is 12.0 Å². The van der Waals surface area contributed by atoms with Gasteiger partial charge in [-0.05, 0) is 44.0 Å². The molecule has 1 saturated heterocycles. The summed E-state index contributed by atoms with van der Waals surface area (Å²) in [7, 11) is 1.64. The Morgan fingerprint density at radius 3 is 2.67 bits per heavy atom. The van der Waals surface area contributed by atoms with Gasteiger partial charge in [-0.15, -0.1) is 0 Å². The highest BCUT2D eigenvalue weighted by atomic mass is 16.5. The average molecular weight is 331 g/mol. The number of ether oxygens (including phenoxy) is 2. The minimum atomic E-state index is -0.505. The molecule has 1 spiro atoms. The molecule has 24 heavy (non-hydrogen) atoms. The highest BCUT2D eigenvalue weighted by Crippen LogP contribution is 2.53. The van der Waals surface area contributed by atoms with Gasteiger partial charge in [-0.25, -0.2) is 4.99 Å². The van der Waals surface area contributed by atoms with Crippen LogP contribution in [-0.2, 0) is 5.41 Å². The molecule has 130 valence electrons. The molecule has 3 N–H and O–H groups in total. The second kappa shape index (κ2) is 5.93. The summed E-state index contributed by atoms with van der Waals surface area (Å²) < 4.78 is 11.3. The van der Waals surface area contributed by atoms with Gasteiger partial charge in [-0.2, -0.15) is 0 Å². The van der Waals surface area contributed by atoms with E-state index in [9.17, 15) is 5.11 Å². The maximum Gasteiger partial charge on any atom is 0.163 e. The van der Waals surface area contributed by atoms with Crippen LogP contribution >= 0.6 is 0 Å². The Labute approximate surface area is 142 Å². The number of aliphatic hydroxyl groups excluding tert-OH is 1. The number of hydrogen-bond acceptors (Lipinski definition) is 6. The number of benzene rings is 1. The summed E-state index contributed by atoms with van der Waals surface area (Å²) in [5, 5.41) is 10.1. The Bertz CT molecular complexity index is 666. The van der Waals surface area contributed by atoms with E-state index in [0.29, 0.717) is 23.9 Å². The summed E-state index contributed by atoms with van der Waals surface area (Å²) in [5.74, 6) is 2.01. The third kappa shape index (κ3) is 2.45. The van der Waals surface area contributed by atoms with Crippen LogP contribution in [0.1, 0.15) is 31.2 Å². The smallest absolute Gasteiger partial charge is 0.163 e. The van der Waals surface area contributed by atoms with Gasteiger partial charge in [0.15, 0.2) is 11.5 Å². The molecule has 2 heterocycles. The molecule has 1 aliphatic carbocycles. The zero-order chi connectivity index (χ0) is 16.7. The van der Waals surface area contributed by atoms with Crippen molar-refractivity contribution in [2.75, 3.05) is 33.4 Å². The molecule has 0 bridgehead atoms. The van der Waals surface area contributed by atoms with Crippen LogP contribution in [0.5, 0.6) is 11.5 Å². The predicted octanol–water partition coefficient (Wildman–Crippen LogP) is 1.56. The molecule has 1 atom stereocenters. The summed E-state index contributed by atoms with van der Waals surface area (Å²) in [6, 6.07) is 3.90. The number of methoxy groups -OCH3 is 1. The van der Waals surface area contributed by atoms with E-state index >= 15 is 0 Å². The topological polar surface area (TPSA) is 80.3 Å². The fourth-order valence-corrected chi connectivity index (χ4v) is 3.83. The van der Waals surface area contributed by atoms with E-state index < -0.39 is 6.10 Å². The number of likely N-dealkylation sites (tertiary alicyclic amines) is 1. The van der Waals surface area contributed by atoms with E-state index in [0.717, 1.165) is 37.2 Å². The Kier molecular flexibility index (Phi) is 3.89. The number of β-amino-alcohol motifs (C(OH)–C–C–N with tert-alkyl or cyclic N) is 1. The standard InChI is InChI=1S/C18H25N3O3/c1-23-15-8-13-14(20-17(19)18(13)4-2-5-18)9-16(15)24-11-12(22)10-21-6-3-7-21/h8-9,12,22H,2-7,10-11H2,1H3,(H2,19,20)/t12-/m1/s1. The zero-order valence-electron chi connectivity index (χ0n) is 14.1. The molecular formula is C18H25N3O3. The van der Waals surface area contributed by atoms with Crippen LogP contribution in [0.3, 0.4) is 0 Å². The quantitative estimate of drug-likeness (QED) is 0.827. The van der Waals surface area contributed by atoms with Gasteiger partial charge in [0, 0.05) is 12.6 Å². The summed E-state index contributed by atoms with van der Waals surface area (Å²) in [6.45, 7) is 3.03. The molecule has 6 nitrogen and oxygen atoms in total. The van der Waals surface area contributed by atoms with Crippen LogP contribution in [0.15, 0.2) is 17.1 Å². The second-order valence-electron chi connectivity index (χ2n) is 7.07. The fraction of sp³-hybridized carbons (Fsp3) is 0.611. The highest BCUT2D eigenvalue weighted by Gasteiger charge is 2.47. The number of hydrogen-bond donors (Lipinski definition) is 2. The van der Waals surface area contributed by atoms with Crippen molar-refractivity contribution in [2.24, 2.45) is 10.7 Å². The SMILES string of the molecule is COc1cc2c(cc1OC[C@H](O)CN1CCC1)N=C(N)C21CCC1. The molecule has 0 unspecified atom stereocenters. The van der Waals surface area contributed by atoms with Gasteiger partial charge in [0.2, 0.25) is 0 Å². The summed E-state index contributed by atoms with van der Waals surface area (Å²) in [5.41, 5.74) is 8.13. The van der Waals surface area contributed by atoms with Crippen LogP contribution in [-0.4, -0.2) is 55.3 Å². The van der Waals surface area contributed by atoms with Gasteiger partial charge in [0.05, 0.1) is 18.2 Å². The fourth-order valence-electron chi connectivity index (χ4n) is 3.83. The Balaban J connectivity index is 1.50. The normalized spacial score (nSPS) is 22.3. The van der Waals surface area contributed by atoms with E-state index in [2.05, 4.69) is 9.89 Å². The van der Waals surface area contributed by atoms with Gasteiger partial charge >= 0.3 is 0 Å². The summed E-state index contributed by atoms with van der Waals surface area (Å²) in [4.78, 5) is 6.77. The number of nitrogens with two attached hydrogens (primary N) is 1. The Morgan fingerprint density at radius 2 is 2.08 bits per heavy atom. The molecule has 0 radical (unpaired) electrons. The lowest BCUT2D eigenvalue weighted by Crippen LogP contribution is -2.44. The van der Waals surface area contributed by atoms with E-state index in [1.54, 1.807) is 7.11 Å². The first kappa shape index (κ1) is 15.7. The predicted molar refractivity (Wildman–Crippen MR) is 92.4 cm³/mol. The van der Waals surface area contributed by atoms with Gasteiger partial charge in [0.25, 0.3) is 0 Å². The molecule has 1 aromatic rings. The average Bonchev–Trinajstić information content (AvgIpc) is 2.78. The molecule has 0 aromatic heterocycles. The van der Waals surface area contributed by atoms with Gasteiger partial charge in [0.1, 0.15) is 18.5 Å². The van der Waals surface area contributed by atoms with Crippen molar-refractivity contribution in [2.45, 2.75) is 37.2 Å². The minimum absolute atomic E-state index is 0.0852. The number of aliphatic hydroxyl groups is 1. The van der Waals surface area contributed by atoms with Crippen molar-refractivity contribution in [1.29, 1.82) is 0 Å². The number of rotatable bonds is 6. The maximum atomic E-state index is 10.1. The monoisotopic (exact) mass is 331 g/mol. The molecule has 2 fully saturated rings. The molecule has 4 rings (SSSR count). The molecular weight excluding hydrogens is 306 g/mol. The van der Waals surface area contributed by atoms with Gasteiger partial charge in [-0.3, -0.25) is 0 Å². The van der Waals surface area contributed by atoms with Crippen LogP contribution in [0.4, 0.5) is 5.69 Å². The molecule has 0 amide bonds. The van der Waals surface area contributed by atoms with Crippen molar-refractivity contribution in [1.82, 2.24) is 4.90 Å². The van der Waals surface area contributed by atoms with Crippen molar-refractivity contribution in [3.05, 3.63) is 17.7 Å². The molecule has 1 saturated carbocycles. The lowest BCUT2D eigenvalue weighted by molar-refractivity contribution is 0.0460. The van der Waals surface area contributed by atoms with E-state index in [4.69, 9.17) is 15.2 Å². The molecule has 1 aromatic carbocycles. The third-order valence-electron chi connectivity index (χ3n) is 5.58. The van der Waals surface area contributed by atoms with Crippen LogP contribution in [0.25, 0.3) is 0 Å². The largest absolute Gasteiger partial charge is 0.493 e. The lowest BCUT2D eigenvalue weighted by atomic mass is 9.64. The van der Waals surface area contributed by atoms with Crippen LogP contribution < -0.4 is 15.2 Å². The highest BCUT2D eigenvalue weighted by molar-refractivity contribution is 6.00. The van der Waals surface area contributed by atoms with Crippen molar-refractivity contribution in [3.63, 3.8) is 0 Å².